The maximum absolute atomic E-state index is 11.8. The second kappa shape index (κ2) is 5.00. The molecule has 7 heteroatoms. The second-order valence-corrected chi connectivity index (χ2v) is 4.81. The molecule has 0 bridgehead atoms. The van der Waals surface area contributed by atoms with Crippen molar-refractivity contribution in [2.45, 2.75) is 12.5 Å². The summed E-state index contributed by atoms with van der Waals surface area (Å²) >= 11 is 0. The van der Waals surface area contributed by atoms with Crippen LogP contribution in [0, 0.1) is 0 Å². The Kier molecular flexibility index (Phi) is 4.68. The fraction of sp³-hybridized carbons (Fsp3) is 0.833. The smallest absolute Gasteiger partial charge is 0.404 e. The monoisotopic (exact) mass is 213 g/mol. The molecule has 2 N–H and O–H groups in total. The lowest BCUT2D eigenvalue weighted by molar-refractivity contribution is 0.108. The molecule has 0 fully saturated rings. The summed E-state index contributed by atoms with van der Waals surface area (Å²) in [5.41, 5.74) is 4.66. The van der Waals surface area contributed by atoms with Gasteiger partial charge in [-0.05, 0) is 0 Å². The Morgan fingerprint density at radius 2 is 2.15 bits per heavy atom. The lowest BCUT2D eigenvalue weighted by Crippen LogP contribution is -2.29. The molecule has 0 saturated heterocycles. The Morgan fingerprint density at radius 3 is 2.46 bits per heavy atom. The van der Waals surface area contributed by atoms with E-state index in [-0.39, 0.29) is 6.42 Å². The van der Waals surface area contributed by atoms with Crippen molar-refractivity contribution in [2.75, 3.05) is 18.7 Å². The van der Waals surface area contributed by atoms with Gasteiger partial charge >= 0.3 is 6.09 Å². The summed E-state index contributed by atoms with van der Waals surface area (Å²) in [4.78, 5) is 10.3. The molecule has 0 aliphatic carbocycles. The molecule has 0 saturated carbocycles. The number of hydrogen-bond acceptors (Lipinski definition) is 4. The Hall–Kier alpha value is -0.850. The maximum Gasteiger partial charge on any atom is 0.404 e. The van der Waals surface area contributed by atoms with E-state index in [1.54, 1.807) is 0 Å². The van der Waals surface area contributed by atoms with E-state index in [0.29, 0.717) is 0 Å². The van der Waals surface area contributed by atoms with E-state index in [9.17, 15) is 17.6 Å². The minimum Gasteiger partial charge on any atom is -0.445 e. The number of hydrogen-bond donors (Lipinski definition) is 1. The Morgan fingerprint density at radius 1 is 1.62 bits per heavy atom. The van der Waals surface area contributed by atoms with E-state index in [0.717, 1.165) is 6.26 Å². The van der Waals surface area contributed by atoms with Crippen LogP contribution in [-0.2, 0) is 14.6 Å². The van der Waals surface area contributed by atoms with E-state index in [1.165, 1.54) is 0 Å². The highest BCUT2D eigenvalue weighted by Crippen LogP contribution is 2.02. The summed E-state index contributed by atoms with van der Waals surface area (Å²) in [5.74, 6) is -0.403. The van der Waals surface area contributed by atoms with Gasteiger partial charge in [0.1, 0.15) is 6.10 Å². The van der Waals surface area contributed by atoms with Crippen LogP contribution >= 0.6 is 0 Å². The first kappa shape index (κ1) is 12.2. The van der Waals surface area contributed by atoms with Crippen molar-refractivity contribution in [2.24, 2.45) is 5.73 Å². The highest BCUT2D eigenvalue weighted by Gasteiger charge is 2.18. The molecule has 1 atom stereocenters. The molecule has 0 aliphatic heterocycles. The Balaban J connectivity index is 4.17. The van der Waals surface area contributed by atoms with E-state index in [4.69, 9.17) is 0 Å². The van der Waals surface area contributed by atoms with Gasteiger partial charge in [-0.1, -0.05) is 0 Å². The first-order valence-corrected chi connectivity index (χ1v) is 5.61. The predicted octanol–water partition coefficient (Wildman–Crippen LogP) is -0.145. The fourth-order valence-electron chi connectivity index (χ4n) is 0.800. The van der Waals surface area contributed by atoms with Crippen LogP contribution in [0.4, 0.5) is 9.18 Å². The highest BCUT2D eigenvalue weighted by atomic mass is 32.2. The van der Waals surface area contributed by atoms with Crippen molar-refractivity contribution in [1.29, 1.82) is 0 Å². The van der Waals surface area contributed by atoms with E-state index < -0.39 is 34.5 Å². The van der Waals surface area contributed by atoms with Gasteiger partial charge < -0.3 is 10.5 Å². The van der Waals surface area contributed by atoms with E-state index >= 15 is 0 Å². The van der Waals surface area contributed by atoms with Gasteiger partial charge in [0.05, 0.1) is 12.4 Å². The normalized spacial score (nSPS) is 13.7. The lowest BCUT2D eigenvalue weighted by Gasteiger charge is -2.13. The zero-order valence-corrected chi connectivity index (χ0v) is 8.01. The van der Waals surface area contributed by atoms with E-state index in [1.807, 2.05) is 0 Å². The molecule has 0 aliphatic rings. The number of rotatable bonds is 5. The first-order valence-electron chi connectivity index (χ1n) is 3.55. The Labute approximate surface area is 76.0 Å². The number of primary amides is 1. The standard InChI is InChI=1S/C6H12FNO4S/c1-13(10,11)4-5(2-3-7)12-6(8)9/h5H,2-4H2,1H3,(H2,8,9). The summed E-state index contributed by atoms with van der Waals surface area (Å²) in [5, 5.41) is 0. The number of carbonyl (C=O) groups is 1. The molecular weight excluding hydrogens is 201 g/mol. The molecule has 0 aromatic carbocycles. The SMILES string of the molecule is CS(=O)(=O)CC(CCF)OC(N)=O. The van der Waals surface area contributed by atoms with E-state index in [2.05, 4.69) is 10.5 Å². The van der Waals surface area contributed by atoms with Gasteiger partial charge in [0, 0.05) is 12.7 Å². The van der Waals surface area contributed by atoms with Crippen molar-refractivity contribution in [3.63, 3.8) is 0 Å². The average molecular weight is 213 g/mol. The Bertz CT molecular complexity index is 264. The zero-order chi connectivity index (χ0) is 10.5. The van der Waals surface area contributed by atoms with Crippen molar-refractivity contribution < 1.29 is 22.3 Å². The molecule has 0 rings (SSSR count). The quantitative estimate of drug-likeness (QED) is 0.688. The van der Waals surface area contributed by atoms with Crippen LogP contribution in [-0.4, -0.2) is 39.3 Å². The van der Waals surface area contributed by atoms with Crippen molar-refractivity contribution in [3.8, 4) is 0 Å². The van der Waals surface area contributed by atoms with Crippen LogP contribution < -0.4 is 5.73 Å². The fourth-order valence-corrected chi connectivity index (χ4v) is 1.71. The number of ether oxygens (including phenoxy) is 1. The molecule has 13 heavy (non-hydrogen) atoms. The number of halogens is 1. The van der Waals surface area contributed by atoms with Gasteiger partial charge in [0.2, 0.25) is 0 Å². The topological polar surface area (TPSA) is 86.5 Å². The number of nitrogens with two attached hydrogens (primary N) is 1. The highest BCUT2D eigenvalue weighted by molar-refractivity contribution is 7.90. The lowest BCUT2D eigenvalue weighted by atomic mass is 10.3. The molecule has 0 radical (unpaired) electrons. The first-order chi connectivity index (χ1) is 5.85. The van der Waals surface area contributed by atoms with Crippen molar-refractivity contribution in [1.82, 2.24) is 0 Å². The number of sulfone groups is 1. The van der Waals surface area contributed by atoms with Gasteiger partial charge in [-0.15, -0.1) is 0 Å². The zero-order valence-electron chi connectivity index (χ0n) is 7.20. The summed E-state index contributed by atoms with van der Waals surface area (Å²) in [6.45, 7) is -0.756. The average Bonchev–Trinajstić information content (AvgIpc) is 1.81. The van der Waals surface area contributed by atoms with Gasteiger partial charge in [-0.3, -0.25) is 4.39 Å². The summed E-state index contributed by atoms with van der Waals surface area (Å²) in [7, 11) is -3.29. The van der Waals surface area contributed by atoms with Gasteiger partial charge in [0.25, 0.3) is 0 Å². The third-order valence-electron chi connectivity index (χ3n) is 1.20. The molecule has 0 aromatic rings. The van der Waals surface area contributed by atoms with Crippen LogP contribution in [0.1, 0.15) is 6.42 Å². The largest absolute Gasteiger partial charge is 0.445 e. The number of carbonyl (C=O) groups excluding carboxylic acids is 1. The van der Waals surface area contributed by atoms with Crippen LogP contribution in [0.25, 0.3) is 0 Å². The molecule has 78 valence electrons. The molecule has 0 spiro atoms. The molecular formula is C6H12FNO4S. The molecule has 1 amide bonds. The molecule has 0 aromatic heterocycles. The third-order valence-corrected chi connectivity index (χ3v) is 2.18. The summed E-state index contributed by atoms with van der Waals surface area (Å²) in [6.07, 6.45) is -1.27. The van der Waals surface area contributed by atoms with Gasteiger partial charge in [-0.2, -0.15) is 0 Å². The van der Waals surface area contributed by atoms with Crippen molar-refractivity contribution >= 4 is 15.9 Å². The summed E-state index contributed by atoms with van der Waals surface area (Å²) < 4.78 is 37.7. The maximum atomic E-state index is 11.8. The van der Waals surface area contributed by atoms with Crippen LogP contribution in [0.15, 0.2) is 0 Å². The molecule has 5 nitrogen and oxygen atoms in total. The minimum absolute atomic E-state index is 0.157. The molecule has 1 unspecified atom stereocenters. The van der Waals surface area contributed by atoms with Crippen LogP contribution in [0.3, 0.4) is 0 Å². The summed E-state index contributed by atoms with van der Waals surface area (Å²) in [6, 6.07) is 0. The molecule has 0 heterocycles. The third kappa shape index (κ3) is 7.51. The van der Waals surface area contributed by atoms with Crippen molar-refractivity contribution in [3.05, 3.63) is 0 Å². The number of amides is 1. The van der Waals surface area contributed by atoms with Crippen LogP contribution in [0.2, 0.25) is 0 Å². The number of alkyl halides is 1. The van der Waals surface area contributed by atoms with Gasteiger partial charge in [-0.25, -0.2) is 13.2 Å². The minimum atomic E-state index is -3.29. The predicted molar refractivity (Wildman–Crippen MR) is 44.8 cm³/mol. The second-order valence-electron chi connectivity index (χ2n) is 2.63. The van der Waals surface area contributed by atoms with Crippen LogP contribution in [0.5, 0.6) is 0 Å². The van der Waals surface area contributed by atoms with Gasteiger partial charge in [0.15, 0.2) is 9.84 Å².